The molecule has 126 valence electrons. The van der Waals surface area contributed by atoms with Crippen LogP contribution in [0.5, 0.6) is 17.2 Å². The van der Waals surface area contributed by atoms with Gasteiger partial charge in [0.1, 0.15) is 25.6 Å². The number of para-hydroxylation sites is 2. The monoisotopic (exact) mass is 328 g/mol. The van der Waals surface area contributed by atoms with Crippen molar-refractivity contribution in [3.8, 4) is 17.2 Å². The summed E-state index contributed by atoms with van der Waals surface area (Å²) >= 11 is 0. The van der Waals surface area contributed by atoms with E-state index in [-0.39, 0.29) is 13.2 Å². The molecule has 0 N–H and O–H groups in total. The first-order valence-electron chi connectivity index (χ1n) is 8.03. The van der Waals surface area contributed by atoms with Crippen molar-refractivity contribution >= 4 is 5.97 Å². The Kier molecular flexibility index (Phi) is 5.21. The maximum Gasteiger partial charge on any atom is 0.351 e. The fourth-order valence-electron chi connectivity index (χ4n) is 2.39. The number of ether oxygens (including phenoxy) is 4. The Morgan fingerprint density at radius 3 is 2.79 bits per heavy atom. The molecule has 0 fully saturated rings. The molecule has 5 nitrogen and oxygen atoms in total. The first-order chi connectivity index (χ1) is 11.8. The van der Waals surface area contributed by atoms with Crippen molar-refractivity contribution in [3.63, 3.8) is 0 Å². The normalized spacial score (nSPS) is 15.6. The molecular weight excluding hydrogens is 308 g/mol. The number of aryl methyl sites for hydroxylation is 1. The van der Waals surface area contributed by atoms with E-state index in [0.717, 1.165) is 12.2 Å². The second-order valence-electron chi connectivity index (χ2n) is 5.38. The minimum absolute atomic E-state index is 0.148. The number of benzene rings is 2. The van der Waals surface area contributed by atoms with E-state index < -0.39 is 12.1 Å². The van der Waals surface area contributed by atoms with Crippen LogP contribution in [0, 0.1) is 0 Å². The lowest BCUT2D eigenvalue weighted by Gasteiger charge is -2.24. The van der Waals surface area contributed by atoms with Crippen LogP contribution >= 0.6 is 0 Å². The van der Waals surface area contributed by atoms with Crippen LogP contribution in [0.3, 0.4) is 0 Å². The number of fused-ring (bicyclic) bond motifs is 1. The van der Waals surface area contributed by atoms with Crippen molar-refractivity contribution in [1.82, 2.24) is 0 Å². The van der Waals surface area contributed by atoms with E-state index in [9.17, 15) is 4.79 Å². The van der Waals surface area contributed by atoms with Crippen molar-refractivity contribution in [2.45, 2.75) is 19.4 Å². The Hall–Kier alpha value is -2.69. The Labute approximate surface area is 141 Å². The van der Waals surface area contributed by atoms with Crippen molar-refractivity contribution < 1.29 is 23.7 Å². The smallest absolute Gasteiger partial charge is 0.351 e. The largest absolute Gasteiger partial charge is 0.490 e. The maximum atomic E-state index is 12.0. The summed E-state index contributed by atoms with van der Waals surface area (Å²) in [6, 6.07) is 15.1. The molecule has 0 spiro atoms. The molecule has 1 aliphatic heterocycles. The molecule has 0 saturated carbocycles. The summed E-state index contributed by atoms with van der Waals surface area (Å²) in [5.74, 6) is 1.52. The second kappa shape index (κ2) is 7.73. The highest BCUT2D eigenvalue weighted by atomic mass is 16.6. The van der Waals surface area contributed by atoms with E-state index >= 15 is 0 Å². The van der Waals surface area contributed by atoms with Gasteiger partial charge in [-0.2, -0.15) is 0 Å². The zero-order valence-corrected chi connectivity index (χ0v) is 13.6. The van der Waals surface area contributed by atoms with E-state index in [1.807, 2.05) is 36.4 Å². The summed E-state index contributed by atoms with van der Waals surface area (Å²) in [6.07, 6.45) is 0.204. The highest BCUT2D eigenvalue weighted by Gasteiger charge is 2.28. The van der Waals surface area contributed by atoms with E-state index in [0.29, 0.717) is 18.1 Å². The summed E-state index contributed by atoms with van der Waals surface area (Å²) in [5.41, 5.74) is 1.20. The summed E-state index contributed by atoms with van der Waals surface area (Å²) in [4.78, 5) is 12.0. The highest BCUT2D eigenvalue weighted by molar-refractivity contribution is 5.76. The molecule has 1 aliphatic rings. The van der Waals surface area contributed by atoms with Gasteiger partial charge in [0.05, 0.1) is 0 Å². The lowest BCUT2D eigenvalue weighted by atomic mass is 10.2. The molecule has 3 rings (SSSR count). The third-order valence-corrected chi connectivity index (χ3v) is 3.67. The van der Waals surface area contributed by atoms with Gasteiger partial charge in [-0.1, -0.05) is 31.2 Å². The van der Waals surface area contributed by atoms with Crippen LogP contribution in [0.2, 0.25) is 0 Å². The third-order valence-electron chi connectivity index (χ3n) is 3.67. The van der Waals surface area contributed by atoms with Crippen LogP contribution in [0.1, 0.15) is 12.5 Å². The Balaban J connectivity index is 1.43. The molecule has 24 heavy (non-hydrogen) atoms. The maximum absolute atomic E-state index is 12.0. The molecule has 0 unspecified atom stereocenters. The van der Waals surface area contributed by atoms with Gasteiger partial charge < -0.3 is 18.9 Å². The van der Waals surface area contributed by atoms with Gasteiger partial charge in [-0.3, -0.25) is 0 Å². The first-order valence-corrected chi connectivity index (χ1v) is 8.03. The average Bonchev–Trinajstić information content (AvgIpc) is 2.64. The molecule has 5 heteroatoms. The lowest BCUT2D eigenvalue weighted by Crippen LogP contribution is -2.38. The van der Waals surface area contributed by atoms with E-state index in [2.05, 4.69) is 6.92 Å². The fraction of sp³-hybridized carbons (Fsp3) is 0.316. The van der Waals surface area contributed by atoms with Gasteiger partial charge in [0, 0.05) is 0 Å². The number of esters is 1. The first kappa shape index (κ1) is 16.2. The molecule has 0 aliphatic carbocycles. The molecule has 0 bridgehead atoms. The zero-order chi connectivity index (χ0) is 16.8. The molecular formula is C19H20O5. The summed E-state index contributed by atoms with van der Waals surface area (Å²) in [7, 11) is 0. The Morgan fingerprint density at radius 1 is 1.12 bits per heavy atom. The van der Waals surface area contributed by atoms with Crippen molar-refractivity contribution in [1.29, 1.82) is 0 Å². The summed E-state index contributed by atoms with van der Waals surface area (Å²) in [5, 5.41) is 0. The van der Waals surface area contributed by atoms with Crippen LogP contribution in [-0.4, -0.2) is 31.9 Å². The van der Waals surface area contributed by atoms with E-state index in [4.69, 9.17) is 18.9 Å². The van der Waals surface area contributed by atoms with Gasteiger partial charge >= 0.3 is 5.97 Å². The molecule has 0 amide bonds. The van der Waals surface area contributed by atoms with Gasteiger partial charge in [-0.25, -0.2) is 4.79 Å². The van der Waals surface area contributed by atoms with Crippen molar-refractivity contribution in [2.24, 2.45) is 0 Å². The quantitative estimate of drug-likeness (QED) is 0.603. The van der Waals surface area contributed by atoms with Crippen molar-refractivity contribution in [3.05, 3.63) is 54.1 Å². The predicted octanol–water partition coefficient (Wildman–Crippen LogP) is 3.01. The van der Waals surface area contributed by atoms with Gasteiger partial charge in [-0.15, -0.1) is 0 Å². The molecule has 2 aromatic carbocycles. The van der Waals surface area contributed by atoms with Gasteiger partial charge in [0.25, 0.3) is 0 Å². The van der Waals surface area contributed by atoms with Crippen molar-refractivity contribution in [2.75, 3.05) is 19.8 Å². The minimum Gasteiger partial charge on any atom is -0.490 e. The van der Waals surface area contributed by atoms with Crippen LogP contribution in [0.15, 0.2) is 48.5 Å². The number of hydrogen-bond donors (Lipinski definition) is 0. The highest BCUT2D eigenvalue weighted by Crippen LogP contribution is 2.31. The standard InChI is InChI=1S/C19H20O5/c1-2-14-6-5-7-15(12-14)21-10-11-22-19(20)18-13-23-16-8-3-4-9-17(16)24-18/h3-9,12,18H,2,10-11,13H2,1H3/t18-/m1/s1. The summed E-state index contributed by atoms with van der Waals surface area (Å²) < 4.78 is 21.9. The van der Waals surface area contributed by atoms with Gasteiger partial charge in [0.2, 0.25) is 6.10 Å². The second-order valence-corrected chi connectivity index (χ2v) is 5.38. The molecule has 0 radical (unpaired) electrons. The molecule has 1 atom stereocenters. The molecule has 0 aromatic heterocycles. The van der Waals surface area contributed by atoms with Gasteiger partial charge in [0.15, 0.2) is 11.5 Å². The fourth-order valence-corrected chi connectivity index (χ4v) is 2.39. The third kappa shape index (κ3) is 3.98. The van der Waals surface area contributed by atoms with E-state index in [1.54, 1.807) is 12.1 Å². The van der Waals surface area contributed by atoms with Crippen LogP contribution in [0.25, 0.3) is 0 Å². The molecule has 1 heterocycles. The van der Waals surface area contributed by atoms with Gasteiger partial charge in [-0.05, 0) is 36.2 Å². The van der Waals surface area contributed by atoms with E-state index in [1.165, 1.54) is 5.56 Å². The van der Waals surface area contributed by atoms with Crippen LogP contribution in [-0.2, 0) is 16.0 Å². The SMILES string of the molecule is CCc1cccc(OCCOC(=O)[C@H]2COc3ccccc3O2)c1. The lowest BCUT2D eigenvalue weighted by molar-refractivity contribution is -0.155. The number of rotatable bonds is 6. The number of hydrogen-bond acceptors (Lipinski definition) is 5. The minimum atomic E-state index is -0.747. The molecule has 2 aromatic rings. The number of carbonyl (C=O) groups excluding carboxylic acids is 1. The summed E-state index contributed by atoms with van der Waals surface area (Å²) in [6.45, 7) is 2.69. The Bertz CT molecular complexity index is 698. The average molecular weight is 328 g/mol. The number of carbonyl (C=O) groups is 1. The predicted molar refractivity (Wildman–Crippen MR) is 88.6 cm³/mol. The zero-order valence-electron chi connectivity index (χ0n) is 13.6. The topological polar surface area (TPSA) is 54.0 Å². The van der Waals surface area contributed by atoms with Crippen LogP contribution < -0.4 is 14.2 Å². The van der Waals surface area contributed by atoms with Crippen LogP contribution in [0.4, 0.5) is 0 Å². The molecule has 0 saturated heterocycles. The Morgan fingerprint density at radius 2 is 1.96 bits per heavy atom.